The van der Waals surface area contributed by atoms with Crippen LogP contribution in [-0.2, 0) is 4.79 Å². The molecule has 2 aromatic rings. The second-order valence-corrected chi connectivity index (χ2v) is 5.21. The normalized spacial score (nSPS) is 10.2. The van der Waals surface area contributed by atoms with Gasteiger partial charge in [0, 0.05) is 23.3 Å². The van der Waals surface area contributed by atoms with Gasteiger partial charge in [-0.1, -0.05) is 12.1 Å². The first-order valence-electron chi connectivity index (χ1n) is 6.04. The maximum absolute atomic E-state index is 13.3. The number of rotatable bonds is 5. The average Bonchev–Trinajstić information content (AvgIpc) is 2.44. The summed E-state index contributed by atoms with van der Waals surface area (Å²) in [7, 11) is 0. The molecule has 0 unspecified atom stereocenters. The summed E-state index contributed by atoms with van der Waals surface area (Å²) >= 11 is 1.50. The molecule has 0 aliphatic heterocycles. The van der Waals surface area contributed by atoms with E-state index in [4.69, 9.17) is 5.73 Å². The highest BCUT2D eigenvalue weighted by Gasteiger charge is 2.06. The van der Waals surface area contributed by atoms with E-state index in [2.05, 4.69) is 10.3 Å². The molecular weight excluding hydrogens is 277 g/mol. The number of carbonyl (C=O) groups is 1. The summed E-state index contributed by atoms with van der Waals surface area (Å²) in [5, 5.41) is 2.54. The van der Waals surface area contributed by atoms with Crippen molar-refractivity contribution >= 4 is 29.2 Å². The van der Waals surface area contributed by atoms with E-state index in [0.717, 1.165) is 4.90 Å². The number of amides is 1. The second-order valence-electron chi connectivity index (χ2n) is 4.05. The Hall–Kier alpha value is -2.08. The minimum absolute atomic E-state index is 0.205. The van der Waals surface area contributed by atoms with Crippen molar-refractivity contribution in [2.24, 2.45) is 0 Å². The molecule has 0 atom stereocenters. The van der Waals surface area contributed by atoms with Crippen molar-refractivity contribution in [2.75, 3.05) is 16.8 Å². The van der Waals surface area contributed by atoms with Crippen LogP contribution in [0.2, 0.25) is 0 Å². The molecule has 3 N–H and O–H groups in total. The minimum Gasteiger partial charge on any atom is -0.384 e. The van der Waals surface area contributed by atoms with Gasteiger partial charge < -0.3 is 11.1 Å². The van der Waals surface area contributed by atoms with Crippen molar-refractivity contribution < 1.29 is 9.18 Å². The van der Waals surface area contributed by atoms with Gasteiger partial charge in [-0.2, -0.15) is 0 Å². The molecule has 0 radical (unpaired) electrons. The molecule has 0 fully saturated rings. The van der Waals surface area contributed by atoms with E-state index in [-0.39, 0.29) is 11.6 Å². The third-order valence-electron chi connectivity index (χ3n) is 2.51. The van der Waals surface area contributed by atoms with Crippen LogP contribution in [-0.4, -0.2) is 16.6 Å². The van der Waals surface area contributed by atoms with Crippen LogP contribution in [0, 0.1) is 5.82 Å². The van der Waals surface area contributed by atoms with E-state index >= 15 is 0 Å². The van der Waals surface area contributed by atoms with Crippen molar-refractivity contribution in [3.05, 3.63) is 48.4 Å². The smallest absolute Gasteiger partial charge is 0.225 e. The summed E-state index contributed by atoms with van der Waals surface area (Å²) in [6.07, 6.45) is 1.96. The molecule has 104 valence electrons. The number of pyridine rings is 1. The fraction of sp³-hybridized carbons (Fsp3) is 0.143. The molecule has 20 heavy (non-hydrogen) atoms. The number of nitrogens with one attached hydrogen (secondary N) is 1. The fourth-order valence-electron chi connectivity index (χ4n) is 1.51. The lowest BCUT2D eigenvalue weighted by molar-refractivity contribution is -0.115. The van der Waals surface area contributed by atoms with Crippen molar-refractivity contribution in [1.82, 2.24) is 4.98 Å². The minimum atomic E-state index is -0.434. The Kier molecular flexibility index (Phi) is 4.95. The predicted octanol–water partition coefficient (Wildman–Crippen LogP) is 2.92. The Balaban J connectivity index is 1.78. The summed E-state index contributed by atoms with van der Waals surface area (Å²) < 4.78 is 13.3. The molecule has 1 heterocycles. The molecule has 0 saturated carbocycles. The van der Waals surface area contributed by atoms with Gasteiger partial charge in [-0.15, -0.1) is 11.8 Å². The SMILES string of the molecule is Nc1ccc(SCCC(=O)Nc2ccccc2F)cn1. The Morgan fingerprint density at radius 2 is 2.10 bits per heavy atom. The lowest BCUT2D eigenvalue weighted by Gasteiger charge is -2.06. The van der Waals surface area contributed by atoms with Gasteiger partial charge in [0.05, 0.1) is 5.69 Å². The van der Waals surface area contributed by atoms with Gasteiger partial charge in [0.15, 0.2) is 0 Å². The maximum Gasteiger partial charge on any atom is 0.225 e. The molecule has 6 heteroatoms. The highest BCUT2D eigenvalue weighted by Crippen LogP contribution is 2.19. The largest absolute Gasteiger partial charge is 0.384 e. The molecular formula is C14H14FN3OS. The summed E-state index contributed by atoms with van der Waals surface area (Å²) in [6, 6.07) is 9.65. The van der Waals surface area contributed by atoms with Crippen LogP contribution in [0.1, 0.15) is 6.42 Å². The van der Waals surface area contributed by atoms with Gasteiger partial charge in [-0.05, 0) is 24.3 Å². The third-order valence-corrected chi connectivity index (χ3v) is 3.49. The molecule has 0 aliphatic carbocycles. The summed E-state index contributed by atoms with van der Waals surface area (Å²) in [6.45, 7) is 0. The molecule has 1 aromatic heterocycles. The number of aromatic nitrogens is 1. The van der Waals surface area contributed by atoms with Gasteiger partial charge in [-0.25, -0.2) is 9.37 Å². The maximum atomic E-state index is 13.3. The highest BCUT2D eigenvalue weighted by molar-refractivity contribution is 7.99. The van der Waals surface area contributed by atoms with Gasteiger partial charge in [0.25, 0.3) is 0 Å². The quantitative estimate of drug-likeness (QED) is 0.831. The van der Waals surface area contributed by atoms with Crippen molar-refractivity contribution in [2.45, 2.75) is 11.3 Å². The van der Waals surface area contributed by atoms with Gasteiger partial charge in [0.2, 0.25) is 5.91 Å². The van der Waals surface area contributed by atoms with E-state index in [1.807, 2.05) is 6.07 Å². The van der Waals surface area contributed by atoms with Crippen molar-refractivity contribution in [3.63, 3.8) is 0 Å². The number of anilines is 2. The number of hydrogen-bond acceptors (Lipinski definition) is 4. The van der Waals surface area contributed by atoms with E-state index in [1.54, 1.807) is 24.4 Å². The topological polar surface area (TPSA) is 68.0 Å². The Morgan fingerprint density at radius 3 is 2.80 bits per heavy atom. The molecule has 1 aromatic carbocycles. The number of nitrogens with two attached hydrogens (primary N) is 1. The summed E-state index contributed by atoms with van der Waals surface area (Å²) in [4.78, 5) is 16.6. The van der Waals surface area contributed by atoms with Crippen LogP contribution in [0.3, 0.4) is 0 Å². The monoisotopic (exact) mass is 291 g/mol. The van der Waals surface area contributed by atoms with Crippen molar-refractivity contribution in [3.8, 4) is 0 Å². The lowest BCUT2D eigenvalue weighted by Crippen LogP contribution is -2.13. The second kappa shape index (κ2) is 6.91. The number of hydrogen-bond donors (Lipinski definition) is 2. The van der Waals surface area contributed by atoms with Gasteiger partial charge in [0.1, 0.15) is 11.6 Å². The first kappa shape index (κ1) is 14.3. The van der Waals surface area contributed by atoms with E-state index in [0.29, 0.717) is 18.0 Å². The van der Waals surface area contributed by atoms with E-state index < -0.39 is 5.82 Å². The van der Waals surface area contributed by atoms with Crippen LogP contribution in [0.25, 0.3) is 0 Å². The van der Waals surface area contributed by atoms with Crippen LogP contribution < -0.4 is 11.1 Å². The van der Waals surface area contributed by atoms with Crippen LogP contribution in [0.15, 0.2) is 47.5 Å². The van der Waals surface area contributed by atoms with E-state index in [1.165, 1.54) is 23.9 Å². The molecule has 4 nitrogen and oxygen atoms in total. The molecule has 0 bridgehead atoms. The standard InChI is InChI=1S/C14H14FN3OS/c15-11-3-1-2-4-12(11)18-14(19)7-8-20-10-5-6-13(16)17-9-10/h1-6,9H,7-8H2,(H2,16,17)(H,18,19). The zero-order valence-electron chi connectivity index (χ0n) is 10.7. The Labute approximate surface area is 120 Å². The number of nitrogens with zero attached hydrogens (tertiary/aromatic N) is 1. The molecule has 0 spiro atoms. The average molecular weight is 291 g/mol. The number of carbonyl (C=O) groups excluding carboxylic acids is 1. The molecule has 0 aliphatic rings. The van der Waals surface area contributed by atoms with Crippen molar-refractivity contribution in [1.29, 1.82) is 0 Å². The lowest BCUT2D eigenvalue weighted by atomic mass is 10.3. The van der Waals surface area contributed by atoms with Gasteiger partial charge >= 0.3 is 0 Å². The predicted molar refractivity (Wildman–Crippen MR) is 79.0 cm³/mol. The van der Waals surface area contributed by atoms with Crippen LogP contribution in [0.5, 0.6) is 0 Å². The zero-order chi connectivity index (χ0) is 14.4. The first-order chi connectivity index (χ1) is 9.65. The van der Waals surface area contributed by atoms with Gasteiger partial charge in [-0.3, -0.25) is 4.79 Å². The number of halogens is 1. The third kappa shape index (κ3) is 4.24. The molecule has 2 rings (SSSR count). The fourth-order valence-corrected chi connectivity index (χ4v) is 2.33. The summed E-state index contributed by atoms with van der Waals surface area (Å²) in [5.41, 5.74) is 5.69. The Morgan fingerprint density at radius 1 is 1.30 bits per heavy atom. The number of nitrogen functional groups attached to an aromatic ring is 1. The van der Waals surface area contributed by atoms with E-state index in [9.17, 15) is 9.18 Å². The zero-order valence-corrected chi connectivity index (χ0v) is 11.5. The van der Waals surface area contributed by atoms with Crippen LogP contribution in [0.4, 0.5) is 15.9 Å². The Bertz CT molecular complexity index is 589. The highest BCUT2D eigenvalue weighted by atomic mass is 32.2. The number of thioether (sulfide) groups is 1. The first-order valence-corrected chi connectivity index (χ1v) is 7.02. The number of para-hydroxylation sites is 1. The molecule has 0 saturated heterocycles. The number of benzene rings is 1. The van der Waals surface area contributed by atoms with Crippen LogP contribution >= 0.6 is 11.8 Å². The summed E-state index contributed by atoms with van der Waals surface area (Å²) in [5.74, 6) is 0.403. The molecule has 1 amide bonds.